The molecular weight excluding hydrogens is 484 g/mol. The number of hydrazone groups is 1. The molecule has 0 radical (unpaired) electrons. The average molecular weight is 515 g/mol. The van der Waals surface area contributed by atoms with Gasteiger partial charge in [0.05, 0.1) is 31.0 Å². The summed E-state index contributed by atoms with van der Waals surface area (Å²) in [7, 11) is -0.367. The molecule has 0 spiro atoms. The lowest BCUT2D eigenvalue weighted by Gasteiger charge is -2.34. The van der Waals surface area contributed by atoms with E-state index in [2.05, 4.69) is 29.4 Å². The van der Waals surface area contributed by atoms with Gasteiger partial charge in [-0.3, -0.25) is 5.43 Å². The number of nitrogens with zero attached hydrogens (tertiary/aromatic N) is 3. The third kappa shape index (κ3) is 5.83. The number of ether oxygens (including phenoxy) is 2. The molecule has 0 aliphatic carbocycles. The highest BCUT2D eigenvalue weighted by molar-refractivity contribution is 7.89. The van der Waals surface area contributed by atoms with Crippen LogP contribution in [0.4, 0.5) is 5.13 Å². The number of piperidine rings is 1. The van der Waals surface area contributed by atoms with Crippen LogP contribution in [0, 0.1) is 11.8 Å². The van der Waals surface area contributed by atoms with E-state index in [4.69, 9.17) is 9.47 Å². The van der Waals surface area contributed by atoms with Crippen LogP contribution in [0.5, 0.6) is 11.5 Å². The van der Waals surface area contributed by atoms with Gasteiger partial charge in [0.1, 0.15) is 11.5 Å². The summed E-state index contributed by atoms with van der Waals surface area (Å²) < 4.78 is 38.8. The van der Waals surface area contributed by atoms with Crippen LogP contribution in [-0.2, 0) is 10.0 Å². The molecule has 10 heteroatoms. The lowest BCUT2D eigenvalue weighted by Crippen LogP contribution is -2.42. The molecule has 1 aliphatic heterocycles. The van der Waals surface area contributed by atoms with Crippen molar-refractivity contribution < 1.29 is 17.9 Å². The largest absolute Gasteiger partial charge is 0.497 e. The van der Waals surface area contributed by atoms with Crippen molar-refractivity contribution >= 4 is 32.7 Å². The predicted octanol–water partition coefficient (Wildman–Crippen LogP) is 4.94. The number of thiazole rings is 1. The number of hydrogen-bond acceptors (Lipinski definition) is 8. The molecule has 35 heavy (non-hydrogen) atoms. The second-order valence-electron chi connectivity index (χ2n) is 8.81. The van der Waals surface area contributed by atoms with Crippen molar-refractivity contribution in [2.24, 2.45) is 16.9 Å². The third-order valence-corrected chi connectivity index (χ3v) is 8.49. The van der Waals surface area contributed by atoms with E-state index in [1.165, 1.54) is 11.3 Å². The normalized spacial score (nSPS) is 19.1. The summed E-state index contributed by atoms with van der Waals surface area (Å²) in [6, 6.07) is 12.5. The minimum atomic E-state index is -3.56. The molecule has 0 saturated carbocycles. The van der Waals surface area contributed by atoms with Crippen molar-refractivity contribution in [1.29, 1.82) is 0 Å². The Balaban J connectivity index is 1.48. The molecule has 1 fully saturated rings. The molecule has 0 amide bonds. The summed E-state index contributed by atoms with van der Waals surface area (Å²) in [4.78, 5) is 4.87. The highest BCUT2D eigenvalue weighted by atomic mass is 32.2. The summed E-state index contributed by atoms with van der Waals surface area (Å²) in [6.45, 7) is 5.31. The van der Waals surface area contributed by atoms with E-state index < -0.39 is 10.0 Å². The summed E-state index contributed by atoms with van der Waals surface area (Å²) in [5.41, 5.74) is 5.15. The molecule has 1 aromatic heterocycles. The molecule has 2 aromatic carbocycles. The van der Waals surface area contributed by atoms with Crippen molar-refractivity contribution in [2.75, 3.05) is 32.7 Å². The Labute approximate surface area is 210 Å². The zero-order valence-electron chi connectivity index (χ0n) is 20.3. The van der Waals surface area contributed by atoms with Crippen LogP contribution in [0.1, 0.15) is 25.8 Å². The van der Waals surface area contributed by atoms with Gasteiger partial charge in [0.25, 0.3) is 0 Å². The third-order valence-electron chi connectivity index (χ3n) is 5.91. The first-order valence-corrected chi connectivity index (χ1v) is 13.7. The van der Waals surface area contributed by atoms with Crippen LogP contribution in [0.2, 0.25) is 0 Å². The summed E-state index contributed by atoms with van der Waals surface area (Å²) in [6.07, 6.45) is 2.70. The SMILES string of the molecule is COc1ccc(/C=N/Nc2nc(-c3cccc(S(=O)(=O)N4CC(C)CC(C)C4)c3)cs2)c(OC)c1. The maximum atomic E-state index is 13.3. The first-order chi connectivity index (χ1) is 16.8. The van der Waals surface area contributed by atoms with E-state index in [0.717, 1.165) is 17.5 Å². The van der Waals surface area contributed by atoms with Gasteiger partial charge in [-0.1, -0.05) is 26.0 Å². The van der Waals surface area contributed by atoms with Crippen molar-refractivity contribution in [1.82, 2.24) is 9.29 Å². The van der Waals surface area contributed by atoms with Gasteiger partial charge < -0.3 is 9.47 Å². The minimum Gasteiger partial charge on any atom is -0.497 e. The van der Waals surface area contributed by atoms with Crippen LogP contribution in [0.25, 0.3) is 11.3 Å². The molecule has 186 valence electrons. The maximum absolute atomic E-state index is 13.3. The van der Waals surface area contributed by atoms with Gasteiger partial charge in [-0.05, 0) is 42.5 Å². The Morgan fingerprint density at radius 3 is 2.60 bits per heavy atom. The Hall–Kier alpha value is -2.95. The Bertz CT molecular complexity index is 1300. The van der Waals surface area contributed by atoms with Crippen molar-refractivity contribution in [3.05, 3.63) is 53.4 Å². The first-order valence-electron chi connectivity index (χ1n) is 11.4. The molecule has 1 N–H and O–H groups in total. The fourth-order valence-electron chi connectivity index (χ4n) is 4.31. The standard InChI is InChI=1S/C25H30N4O4S2/c1-17-10-18(2)15-29(14-17)35(30,31)22-7-5-6-19(11-22)23-16-34-25(27-23)28-26-13-20-8-9-21(32-3)12-24(20)33-4/h5-9,11-13,16-18H,10,14-15H2,1-4H3,(H,27,28)/b26-13+. The molecule has 0 bridgehead atoms. The lowest BCUT2D eigenvalue weighted by atomic mass is 9.94. The van der Waals surface area contributed by atoms with E-state index in [-0.39, 0.29) is 0 Å². The van der Waals surface area contributed by atoms with Crippen LogP contribution in [0.3, 0.4) is 0 Å². The molecule has 2 atom stereocenters. The first kappa shape index (κ1) is 25.2. The van der Waals surface area contributed by atoms with Gasteiger partial charge in [0.15, 0.2) is 0 Å². The van der Waals surface area contributed by atoms with Gasteiger partial charge in [0.2, 0.25) is 15.2 Å². The second kappa shape index (κ2) is 10.8. The number of aromatic nitrogens is 1. The number of sulfonamides is 1. The molecule has 3 aromatic rings. The quantitative estimate of drug-likeness (QED) is 0.338. The Morgan fingerprint density at radius 1 is 1.11 bits per heavy atom. The van der Waals surface area contributed by atoms with E-state index in [1.807, 2.05) is 23.6 Å². The van der Waals surface area contributed by atoms with Crippen LogP contribution < -0.4 is 14.9 Å². The molecule has 1 saturated heterocycles. The van der Waals surface area contributed by atoms with Crippen LogP contribution in [0.15, 0.2) is 57.8 Å². The molecular formula is C25H30N4O4S2. The molecule has 2 unspecified atom stereocenters. The lowest BCUT2D eigenvalue weighted by molar-refractivity contribution is 0.222. The highest BCUT2D eigenvalue weighted by Crippen LogP contribution is 2.30. The molecule has 1 aliphatic rings. The van der Waals surface area contributed by atoms with E-state index >= 15 is 0 Å². The summed E-state index contributed by atoms with van der Waals surface area (Å²) >= 11 is 1.39. The van der Waals surface area contributed by atoms with E-state index in [0.29, 0.717) is 52.1 Å². The maximum Gasteiger partial charge on any atom is 0.243 e. The highest BCUT2D eigenvalue weighted by Gasteiger charge is 2.31. The Morgan fingerprint density at radius 2 is 1.89 bits per heavy atom. The number of benzene rings is 2. The topological polar surface area (TPSA) is 93.1 Å². The van der Waals surface area contributed by atoms with E-state index in [1.54, 1.807) is 49.0 Å². The zero-order valence-corrected chi connectivity index (χ0v) is 21.9. The molecule has 2 heterocycles. The van der Waals surface area contributed by atoms with Crippen molar-refractivity contribution in [3.8, 4) is 22.8 Å². The summed E-state index contributed by atoms with van der Waals surface area (Å²) in [5.74, 6) is 2.04. The van der Waals surface area contributed by atoms with Crippen molar-refractivity contribution in [3.63, 3.8) is 0 Å². The summed E-state index contributed by atoms with van der Waals surface area (Å²) in [5, 5.41) is 6.74. The molecule has 4 rings (SSSR count). The average Bonchev–Trinajstić information content (AvgIpc) is 3.32. The van der Waals surface area contributed by atoms with Gasteiger partial charge in [-0.15, -0.1) is 11.3 Å². The van der Waals surface area contributed by atoms with Gasteiger partial charge >= 0.3 is 0 Å². The fourth-order valence-corrected chi connectivity index (χ4v) is 6.70. The molecule has 8 nitrogen and oxygen atoms in total. The van der Waals surface area contributed by atoms with E-state index in [9.17, 15) is 8.42 Å². The second-order valence-corrected chi connectivity index (χ2v) is 11.6. The van der Waals surface area contributed by atoms with Crippen LogP contribution in [-0.4, -0.2) is 51.2 Å². The fraction of sp³-hybridized carbons (Fsp3) is 0.360. The predicted molar refractivity (Wildman–Crippen MR) is 140 cm³/mol. The monoisotopic (exact) mass is 514 g/mol. The zero-order chi connectivity index (χ0) is 25.0. The number of nitrogens with one attached hydrogen (secondary N) is 1. The van der Waals surface area contributed by atoms with Crippen LogP contribution >= 0.6 is 11.3 Å². The smallest absolute Gasteiger partial charge is 0.243 e. The van der Waals surface area contributed by atoms with Gasteiger partial charge in [-0.2, -0.15) is 9.41 Å². The van der Waals surface area contributed by atoms with Gasteiger partial charge in [-0.25, -0.2) is 13.4 Å². The number of methoxy groups -OCH3 is 2. The minimum absolute atomic E-state index is 0.295. The van der Waals surface area contributed by atoms with Crippen molar-refractivity contribution in [2.45, 2.75) is 25.2 Å². The number of anilines is 1. The van der Waals surface area contributed by atoms with Gasteiger partial charge in [0, 0.05) is 35.7 Å². The Kier molecular flexibility index (Phi) is 7.73. The number of rotatable bonds is 8. The number of hydrogen-bond donors (Lipinski definition) is 1.